The highest BCUT2D eigenvalue weighted by molar-refractivity contribution is 5.17. The average Bonchev–Trinajstić information content (AvgIpc) is 2.99. The van der Waals surface area contributed by atoms with E-state index in [0.717, 1.165) is 5.56 Å². The second-order valence-corrected chi connectivity index (χ2v) is 6.47. The van der Waals surface area contributed by atoms with E-state index in [1.807, 2.05) is 37.3 Å². The average molecular weight is 324 g/mol. The number of fused-ring (bicyclic) bond motifs is 1. The molecule has 2 aliphatic rings. The molecule has 0 bridgehead atoms. The predicted molar refractivity (Wildman–Crippen MR) is 81.5 cm³/mol. The Balaban J connectivity index is 1.66. The van der Waals surface area contributed by atoms with Gasteiger partial charge in [0, 0.05) is 0 Å². The van der Waals surface area contributed by atoms with E-state index in [1.54, 1.807) is 13.8 Å². The van der Waals surface area contributed by atoms with Crippen LogP contribution in [-0.2, 0) is 18.9 Å². The van der Waals surface area contributed by atoms with E-state index in [1.165, 1.54) is 0 Å². The quantitative estimate of drug-likeness (QED) is 0.852. The van der Waals surface area contributed by atoms with Gasteiger partial charge < -0.3 is 29.2 Å². The fraction of sp³-hybridized carbons (Fsp3) is 0.647. The maximum Gasteiger partial charge on any atom is 0.190 e. The van der Waals surface area contributed by atoms with E-state index in [9.17, 15) is 10.2 Å². The van der Waals surface area contributed by atoms with E-state index in [-0.39, 0.29) is 12.7 Å². The van der Waals surface area contributed by atoms with Crippen molar-refractivity contribution in [2.45, 2.75) is 63.4 Å². The molecule has 1 aromatic carbocycles. The third-order valence-corrected chi connectivity index (χ3v) is 4.25. The molecule has 0 saturated carbocycles. The number of aliphatic hydroxyl groups excluding tert-OH is 2. The van der Waals surface area contributed by atoms with Gasteiger partial charge in [-0.05, 0) is 26.3 Å². The Labute approximate surface area is 135 Å². The van der Waals surface area contributed by atoms with E-state index < -0.39 is 36.5 Å². The van der Waals surface area contributed by atoms with Crippen molar-refractivity contribution in [3.8, 4) is 0 Å². The highest BCUT2D eigenvalue weighted by atomic mass is 16.8. The van der Waals surface area contributed by atoms with E-state index in [4.69, 9.17) is 18.9 Å². The number of aliphatic hydroxyl groups is 2. The number of ether oxygens (including phenoxy) is 4. The van der Waals surface area contributed by atoms with Crippen LogP contribution in [0.5, 0.6) is 0 Å². The summed E-state index contributed by atoms with van der Waals surface area (Å²) in [6.07, 6.45) is -3.72. The molecule has 0 spiro atoms. The summed E-state index contributed by atoms with van der Waals surface area (Å²) >= 11 is 0. The predicted octanol–water partition coefficient (Wildman–Crippen LogP) is 1.36. The summed E-state index contributed by atoms with van der Waals surface area (Å²) in [4.78, 5) is 0. The summed E-state index contributed by atoms with van der Waals surface area (Å²) < 4.78 is 22.9. The van der Waals surface area contributed by atoms with Gasteiger partial charge in [0.05, 0.1) is 12.7 Å². The summed E-state index contributed by atoms with van der Waals surface area (Å²) in [6, 6.07) is 9.70. The molecular formula is C17H24O6. The lowest BCUT2D eigenvalue weighted by Gasteiger charge is -2.29. The van der Waals surface area contributed by atoms with Crippen LogP contribution in [0.15, 0.2) is 30.3 Å². The van der Waals surface area contributed by atoms with Crippen LogP contribution >= 0.6 is 0 Å². The van der Waals surface area contributed by atoms with Gasteiger partial charge in [-0.15, -0.1) is 0 Å². The van der Waals surface area contributed by atoms with Crippen LogP contribution in [0.4, 0.5) is 0 Å². The van der Waals surface area contributed by atoms with Crippen LogP contribution in [0.2, 0.25) is 0 Å². The standard InChI is InChI=1S/C17H24O6/c1-10(11-7-5-4-6-8-11)20-12(9-18)14-13(19)15-16(21-14)23-17(2,3)22-15/h4-8,10,12-16,18-19H,9H2,1-3H3/t10?,12?,13?,14-,15?,16-/m1/s1. The molecule has 6 atom stereocenters. The van der Waals surface area contributed by atoms with E-state index in [2.05, 4.69) is 0 Å². The van der Waals surface area contributed by atoms with Crippen LogP contribution < -0.4 is 0 Å². The van der Waals surface area contributed by atoms with Crippen LogP contribution in [0, 0.1) is 0 Å². The normalized spacial score (nSPS) is 35.0. The molecule has 0 aliphatic carbocycles. The number of hydrogen-bond donors (Lipinski definition) is 2. The van der Waals surface area contributed by atoms with Gasteiger partial charge in [-0.2, -0.15) is 0 Å². The van der Waals surface area contributed by atoms with Crippen molar-refractivity contribution >= 4 is 0 Å². The van der Waals surface area contributed by atoms with Crippen molar-refractivity contribution in [2.75, 3.05) is 6.61 Å². The monoisotopic (exact) mass is 324 g/mol. The first-order chi connectivity index (χ1) is 10.9. The lowest BCUT2D eigenvalue weighted by Crippen LogP contribution is -2.44. The number of hydrogen-bond acceptors (Lipinski definition) is 6. The zero-order valence-corrected chi connectivity index (χ0v) is 13.6. The van der Waals surface area contributed by atoms with Crippen molar-refractivity contribution in [3.63, 3.8) is 0 Å². The summed E-state index contributed by atoms with van der Waals surface area (Å²) in [5.41, 5.74) is 0.993. The smallest absolute Gasteiger partial charge is 0.190 e. The molecule has 2 fully saturated rings. The Kier molecular flexibility index (Phi) is 4.73. The summed E-state index contributed by atoms with van der Waals surface area (Å²) in [5.74, 6) is -0.784. The summed E-state index contributed by atoms with van der Waals surface area (Å²) in [7, 11) is 0. The first kappa shape index (κ1) is 16.8. The molecule has 4 unspecified atom stereocenters. The Bertz CT molecular complexity index is 519. The van der Waals surface area contributed by atoms with Gasteiger partial charge in [0.15, 0.2) is 12.1 Å². The van der Waals surface area contributed by atoms with Crippen molar-refractivity contribution in [3.05, 3.63) is 35.9 Å². The second-order valence-electron chi connectivity index (χ2n) is 6.47. The molecule has 3 rings (SSSR count). The Hall–Kier alpha value is -1.02. The van der Waals surface area contributed by atoms with Gasteiger partial charge in [0.2, 0.25) is 0 Å². The molecular weight excluding hydrogens is 300 g/mol. The van der Waals surface area contributed by atoms with Crippen molar-refractivity contribution < 1.29 is 29.2 Å². The summed E-state index contributed by atoms with van der Waals surface area (Å²) in [5, 5.41) is 20.1. The lowest BCUT2D eigenvalue weighted by atomic mass is 10.1. The van der Waals surface area contributed by atoms with Crippen molar-refractivity contribution in [2.24, 2.45) is 0 Å². The number of rotatable bonds is 5. The molecule has 6 nitrogen and oxygen atoms in total. The Morgan fingerprint density at radius 1 is 1.22 bits per heavy atom. The molecule has 0 amide bonds. The molecule has 2 saturated heterocycles. The summed E-state index contributed by atoms with van der Waals surface area (Å²) in [6.45, 7) is 5.18. The first-order valence-corrected chi connectivity index (χ1v) is 7.92. The Morgan fingerprint density at radius 3 is 2.52 bits per heavy atom. The zero-order valence-electron chi connectivity index (χ0n) is 13.6. The number of benzene rings is 1. The molecule has 1 aromatic rings. The molecule has 23 heavy (non-hydrogen) atoms. The highest BCUT2D eigenvalue weighted by Crippen LogP contribution is 2.39. The van der Waals surface area contributed by atoms with E-state index in [0.29, 0.717) is 0 Å². The lowest BCUT2D eigenvalue weighted by molar-refractivity contribution is -0.234. The minimum atomic E-state index is -0.915. The van der Waals surface area contributed by atoms with Gasteiger partial charge in [0.1, 0.15) is 24.4 Å². The van der Waals surface area contributed by atoms with Crippen molar-refractivity contribution in [1.82, 2.24) is 0 Å². The second kappa shape index (κ2) is 6.47. The fourth-order valence-corrected chi connectivity index (χ4v) is 3.11. The zero-order chi connectivity index (χ0) is 16.6. The molecule has 2 N–H and O–H groups in total. The van der Waals surface area contributed by atoms with Crippen LogP contribution in [0.3, 0.4) is 0 Å². The van der Waals surface area contributed by atoms with Gasteiger partial charge in [0.25, 0.3) is 0 Å². The van der Waals surface area contributed by atoms with Crippen LogP contribution in [-0.4, -0.2) is 53.3 Å². The van der Waals surface area contributed by atoms with Crippen molar-refractivity contribution in [1.29, 1.82) is 0 Å². The van der Waals surface area contributed by atoms with Gasteiger partial charge in [-0.25, -0.2) is 0 Å². The fourth-order valence-electron chi connectivity index (χ4n) is 3.11. The van der Waals surface area contributed by atoms with Crippen LogP contribution in [0.25, 0.3) is 0 Å². The minimum Gasteiger partial charge on any atom is -0.394 e. The minimum absolute atomic E-state index is 0.233. The largest absolute Gasteiger partial charge is 0.394 e. The third-order valence-electron chi connectivity index (χ3n) is 4.25. The SMILES string of the molecule is CC(OC(CO)[C@H]1O[C@@H]2OC(C)(C)OC2C1O)c1ccccc1. The third kappa shape index (κ3) is 3.42. The maximum atomic E-state index is 10.5. The van der Waals surface area contributed by atoms with Crippen LogP contribution in [0.1, 0.15) is 32.4 Å². The molecule has 0 radical (unpaired) electrons. The topological polar surface area (TPSA) is 77.4 Å². The molecule has 2 heterocycles. The maximum absolute atomic E-state index is 10.5. The van der Waals surface area contributed by atoms with Gasteiger partial charge in [-0.1, -0.05) is 30.3 Å². The molecule has 6 heteroatoms. The molecule has 0 aromatic heterocycles. The van der Waals surface area contributed by atoms with E-state index >= 15 is 0 Å². The first-order valence-electron chi connectivity index (χ1n) is 7.92. The molecule has 2 aliphatic heterocycles. The van der Waals surface area contributed by atoms with Gasteiger partial charge >= 0.3 is 0 Å². The molecule has 128 valence electrons. The highest BCUT2D eigenvalue weighted by Gasteiger charge is 2.56. The van der Waals surface area contributed by atoms with Gasteiger partial charge in [-0.3, -0.25) is 0 Å². The Morgan fingerprint density at radius 2 is 1.91 bits per heavy atom.